The van der Waals surface area contributed by atoms with Crippen LogP contribution < -0.4 is 10.6 Å². The second-order valence-corrected chi connectivity index (χ2v) is 3.64. The first-order valence-corrected chi connectivity index (χ1v) is 5.20. The largest absolute Gasteiger partial charge is 0.367 e. The van der Waals surface area contributed by atoms with Crippen LogP contribution in [0, 0.1) is 0 Å². The Labute approximate surface area is 84.1 Å². The van der Waals surface area contributed by atoms with Gasteiger partial charge in [0.2, 0.25) is 0 Å². The molecule has 0 aromatic carbocycles. The summed E-state index contributed by atoms with van der Waals surface area (Å²) in [6.07, 6.45) is 5.58. The van der Waals surface area contributed by atoms with Gasteiger partial charge in [-0.2, -0.15) is 5.10 Å². The summed E-state index contributed by atoms with van der Waals surface area (Å²) in [5.74, 6) is 0.861. The molecule has 2 N–H and O–H groups in total. The number of hydrogen-bond donors (Lipinski definition) is 2. The monoisotopic (exact) mass is 192 g/mol. The lowest BCUT2D eigenvalue weighted by Crippen LogP contribution is -2.39. The van der Waals surface area contributed by atoms with Crippen LogP contribution in [0.25, 0.3) is 0 Å². The molecule has 1 saturated heterocycles. The van der Waals surface area contributed by atoms with Crippen LogP contribution in [0.4, 0.5) is 5.82 Å². The molecule has 4 heteroatoms. The molecule has 0 saturated carbocycles. The molecule has 0 aliphatic carbocycles. The van der Waals surface area contributed by atoms with Crippen molar-refractivity contribution in [3.63, 3.8) is 0 Å². The summed E-state index contributed by atoms with van der Waals surface area (Å²) >= 11 is 0. The second kappa shape index (κ2) is 4.91. The molecule has 1 aliphatic heterocycles. The molecule has 14 heavy (non-hydrogen) atoms. The van der Waals surface area contributed by atoms with E-state index in [1.807, 2.05) is 12.1 Å². The number of hydrogen-bond acceptors (Lipinski definition) is 4. The van der Waals surface area contributed by atoms with Gasteiger partial charge in [0.1, 0.15) is 5.82 Å². The topological polar surface area (TPSA) is 49.8 Å². The lowest BCUT2D eigenvalue weighted by Gasteiger charge is -2.23. The predicted molar refractivity (Wildman–Crippen MR) is 56.2 cm³/mol. The molecule has 0 bridgehead atoms. The molecule has 1 atom stereocenters. The highest BCUT2D eigenvalue weighted by molar-refractivity contribution is 5.31. The fraction of sp³-hybridized carbons (Fsp3) is 0.600. The zero-order valence-corrected chi connectivity index (χ0v) is 8.24. The molecule has 4 nitrogen and oxygen atoms in total. The van der Waals surface area contributed by atoms with Crippen molar-refractivity contribution < 1.29 is 0 Å². The average molecular weight is 192 g/mol. The highest BCUT2D eigenvalue weighted by Gasteiger charge is 2.11. The molecule has 1 aliphatic rings. The van der Waals surface area contributed by atoms with Gasteiger partial charge >= 0.3 is 0 Å². The number of piperidine rings is 1. The minimum atomic E-state index is 0.589. The first kappa shape index (κ1) is 9.40. The molecule has 1 unspecified atom stereocenters. The van der Waals surface area contributed by atoms with Crippen LogP contribution in [0.3, 0.4) is 0 Å². The third-order valence-electron chi connectivity index (χ3n) is 2.51. The molecular formula is C10H16N4. The number of anilines is 1. The lowest BCUT2D eigenvalue weighted by atomic mass is 10.1. The number of nitrogens with one attached hydrogen (secondary N) is 2. The van der Waals surface area contributed by atoms with Crippen LogP contribution in [0.5, 0.6) is 0 Å². The summed E-state index contributed by atoms with van der Waals surface area (Å²) in [6.45, 7) is 2.09. The Hall–Kier alpha value is -1.16. The first-order valence-electron chi connectivity index (χ1n) is 5.20. The van der Waals surface area contributed by atoms with Crippen molar-refractivity contribution in [2.45, 2.75) is 25.3 Å². The second-order valence-electron chi connectivity index (χ2n) is 3.64. The van der Waals surface area contributed by atoms with Crippen molar-refractivity contribution in [1.29, 1.82) is 0 Å². The summed E-state index contributed by atoms with van der Waals surface area (Å²) in [6, 6.07) is 4.42. The van der Waals surface area contributed by atoms with Gasteiger partial charge in [0.15, 0.2) is 0 Å². The Morgan fingerprint density at radius 3 is 3.21 bits per heavy atom. The van der Waals surface area contributed by atoms with Crippen LogP contribution >= 0.6 is 0 Å². The van der Waals surface area contributed by atoms with Crippen molar-refractivity contribution in [3.8, 4) is 0 Å². The molecule has 1 aromatic rings. The summed E-state index contributed by atoms with van der Waals surface area (Å²) in [7, 11) is 0. The van der Waals surface area contributed by atoms with Gasteiger partial charge in [0, 0.05) is 18.8 Å². The smallest absolute Gasteiger partial charge is 0.148 e. The van der Waals surface area contributed by atoms with Gasteiger partial charge in [0.05, 0.1) is 0 Å². The molecule has 2 rings (SSSR count). The summed E-state index contributed by atoms with van der Waals surface area (Å²) in [4.78, 5) is 0. The van der Waals surface area contributed by atoms with Gasteiger partial charge in [-0.25, -0.2) is 0 Å². The molecule has 0 spiro atoms. The Kier molecular flexibility index (Phi) is 3.29. The van der Waals surface area contributed by atoms with Crippen LogP contribution in [-0.2, 0) is 0 Å². The van der Waals surface area contributed by atoms with E-state index in [2.05, 4.69) is 20.8 Å². The molecule has 2 heterocycles. The van der Waals surface area contributed by atoms with E-state index in [1.165, 1.54) is 19.3 Å². The molecule has 1 fully saturated rings. The van der Waals surface area contributed by atoms with Crippen LogP contribution in [0.1, 0.15) is 19.3 Å². The van der Waals surface area contributed by atoms with Gasteiger partial charge in [0.25, 0.3) is 0 Å². The number of nitrogens with zero attached hydrogens (tertiary/aromatic N) is 2. The van der Waals surface area contributed by atoms with Crippen LogP contribution in [0.2, 0.25) is 0 Å². The average Bonchev–Trinajstić information content (AvgIpc) is 2.29. The normalized spacial score (nSPS) is 21.9. The van der Waals surface area contributed by atoms with E-state index in [4.69, 9.17) is 0 Å². The summed E-state index contributed by atoms with van der Waals surface area (Å²) < 4.78 is 0. The number of aromatic nitrogens is 2. The Balaban J connectivity index is 1.76. The van der Waals surface area contributed by atoms with E-state index in [0.717, 1.165) is 18.9 Å². The predicted octanol–water partition coefficient (Wildman–Crippen LogP) is 1.03. The van der Waals surface area contributed by atoms with Gasteiger partial charge in [-0.15, -0.1) is 5.10 Å². The fourth-order valence-electron chi connectivity index (χ4n) is 1.72. The minimum absolute atomic E-state index is 0.589. The maximum Gasteiger partial charge on any atom is 0.148 e. The zero-order valence-electron chi connectivity index (χ0n) is 8.24. The van der Waals surface area contributed by atoms with Gasteiger partial charge < -0.3 is 10.6 Å². The summed E-state index contributed by atoms with van der Waals surface area (Å²) in [5, 5.41) is 14.5. The first-order chi connectivity index (χ1) is 6.95. The maximum absolute atomic E-state index is 3.97. The van der Waals surface area contributed by atoms with Crippen molar-refractivity contribution in [1.82, 2.24) is 15.5 Å². The summed E-state index contributed by atoms with van der Waals surface area (Å²) in [5.41, 5.74) is 0. The standard InChI is InChI=1S/C10H16N4/c1-2-6-11-9(4-1)8-12-10-5-3-7-13-14-10/h3,5,7,9,11H,1-2,4,6,8H2,(H,12,14). The third kappa shape index (κ3) is 2.67. The van der Waals surface area contributed by atoms with E-state index in [9.17, 15) is 0 Å². The van der Waals surface area contributed by atoms with Crippen molar-refractivity contribution in [2.75, 3.05) is 18.4 Å². The van der Waals surface area contributed by atoms with Crippen molar-refractivity contribution in [3.05, 3.63) is 18.3 Å². The van der Waals surface area contributed by atoms with E-state index >= 15 is 0 Å². The van der Waals surface area contributed by atoms with Crippen LogP contribution in [-0.4, -0.2) is 29.3 Å². The molecule has 76 valence electrons. The van der Waals surface area contributed by atoms with Gasteiger partial charge in [-0.1, -0.05) is 6.42 Å². The molecular weight excluding hydrogens is 176 g/mol. The SMILES string of the molecule is c1cnnc(NCC2CCCCN2)c1. The molecule has 0 amide bonds. The Bertz CT molecular complexity index is 256. The quantitative estimate of drug-likeness (QED) is 0.751. The number of rotatable bonds is 3. The van der Waals surface area contributed by atoms with Crippen molar-refractivity contribution in [2.24, 2.45) is 0 Å². The highest BCUT2D eigenvalue weighted by Crippen LogP contribution is 2.07. The van der Waals surface area contributed by atoms with Crippen molar-refractivity contribution >= 4 is 5.82 Å². The zero-order chi connectivity index (χ0) is 9.64. The van der Waals surface area contributed by atoms with Gasteiger partial charge in [-0.05, 0) is 31.5 Å². The van der Waals surface area contributed by atoms with E-state index in [0.29, 0.717) is 6.04 Å². The van der Waals surface area contributed by atoms with Gasteiger partial charge in [-0.3, -0.25) is 0 Å². The third-order valence-corrected chi connectivity index (χ3v) is 2.51. The molecule has 0 radical (unpaired) electrons. The van der Waals surface area contributed by atoms with E-state index in [-0.39, 0.29) is 0 Å². The van der Waals surface area contributed by atoms with E-state index < -0.39 is 0 Å². The Morgan fingerprint density at radius 2 is 2.50 bits per heavy atom. The minimum Gasteiger partial charge on any atom is -0.367 e. The molecule has 1 aromatic heterocycles. The Morgan fingerprint density at radius 1 is 1.50 bits per heavy atom. The van der Waals surface area contributed by atoms with Crippen LogP contribution in [0.15, 0.2) is 18.3 Å². The maximum atomic E-state index is 3.97. The fourth-order valence-corrected chi connectivity index (χ4v) is 1.72. The van der Waals surface area contributed by atoms with E-state index in [1.54, 1.807) is 6.20 Å². The lowest BCUT2D eigenvalue weighted by molar-refractivity contribution is 0.414. The highest BCUT2D eigenvalue weighted by atomic mass is 15.2.